The van der Waals surface area contributed by atoms with Gasteiger partial charge in [0.2, 0.25) is 15.9 Å². The number of halogens is 1. The SMILES string of the molecule is COc1ccc(Cl)cc1S(=O)(=O)N1CCN(C(=O)C2=CCC(=O)N(c3ccc(C)cc3)N2)CC1. The second-order valence-corrected chi connectivity index (χ2v) is 10.3. The molecule has 9 nitrogen and oxygen atoms in total. The number of methoxy groups -OCH3 is 1. The van der Waals surface area contributed by atoms with E-state index < -0.39 is 10.0 Å². The molecule has 2 heterocycles. The maximum absolute atomic E-state index is 13.2. The fraction of sp³-hybridized carbons (Fsp3) is 0.304. The Morgan fingerprint density at radius 1 is 1.06 bits per heavy atom. The number of carbonyl (C=O) groups is 2. The quantitative estimate of drug-likeness (QED) is 0.671. The van der Waals surface area contributed by atoms with Crippen LogP contribution in [0.2, 0.25) is 5.02 Å². The molecule has 2 aromatic rings. The number of piperazine rings is 1. The highest BCUT2D eigenvalue weighted by atomic mass is 35.5. The largest absolute Gasteiger partial charge is 0.495 e. The molecule has 0 spiro atoms. The van der Waals surface area contributed by atoms with Crippen molar-refractivity contribution in [2.75, 3.05) is 38.3 Å². The molecule has 11 heteroatoms. The lowest BCUT2D eigenvalue weighted by molar-refractivity contribution is -0.129. The number of rotatable bonds is 5. The van der Waals surface area contributed by atoms with Crippen LogP contribution >= 0.6 is 11.6 Å². The molecule has 0 unspecified atom stereocenters. The van der Waals surface area contributed by atoms with E-state index in [0.29, 0.717) is 5.69 Å². The van der Waals surface area contributed by atoms with Gasteiger partial charge in [-0.15, -0.1) is 0 Å². The van der Waals surface area contributed by atoms with Crippen LogP contribution < -0.4 is 15.2 Å². The van der Waals surface area contributed by atoms with Crippen LogP contribution in [-0.4, -0.2) is 62.7 Å². The maximum atomic E-state index is 13.2. The van der Waals surface area contributed by atoms with Crippen molar-refractivity contribution in [1.82, 2.24) is 14.6 Å². The van der Waals surface area contributed by atoms with E-state index in [2.05, 4.69) is 5.43 Å². The molecule has 4 rings (SSSR count). The second kappa shape index (κ2) is 9.65. The lowest BCUT2D eigenvalue weighted by atomic mass is 10.2. The third-order valence-corrected chi connectivity index (χ3v) is 7.91. The van der Waals surface area contributed by atoms with E-state index in [0.717, 1.165) is 5.56 Å². The van der Waals surface area contributed by atoms with Crippen molar-refractivity contribution in [3.05, 3.63) is 64.8 Å². The molecule has 0 radical (unpaired) electrons. The molecule has 0 aromatic heterocycles. The number of hydrazine groups is 1. The first-order valence-electron chi connectivity index (χ1n) is 10.7. The van der Waals surface area contributed by atoms with Gasteiger partial charge >= 0.3 is 0 Å². The average Bonchev–Trinajstić information content (AvgIpc) is 2.84. The summed E-state index contributed by atoms with van der Waals surface area (Å²) in [5, 5.41) is 1.65. The van der Waals surface area contributed by atoms with Gasteiger partial charge in [-0.05, 0) is 43.3 Å². The maximum Gasteiger partial charge on any atom is 0.271 e. The highest BCUT2D eigenvalue weighted by Crippen LogP contribution is 2.30. The van der Waals surface area contributed by atoms with Crippen LogP contribution in [0, 0.1) is 6.92 Å². The van der Waals surface area contributed by atoms with Gasteiger partial charge in [-0.3, -0.25) is 15.0 Å². The fourth-order valence-corrected chi connectivity index (χ4v) is 5.68. The van der Waals surface area contributed by atoms with Gasteiger partial charge in [-0.1, -0.05) is 29.3 Å². The number of aryl methyl sites for hydroxylation is 1. The molecule has 2 aliphatic heterocycles. The highest BCUT2D eigenvalue weighted by molar-refractivity contribution is 7.89. The minimum absolute atomic E-state index is 0.00816. The summed E-state index contributed by atoms with van der Waals surface area (Å²) in [5.74, 6) is -0.255. The Bertz CT molecular complexity index is 1240. The number of sulfonamides is 1. The highest BCUT2D eigenvalue weighted by Gasteiger charge is 2.34. The third kappa shape index (κ3) is 4.75. The Labute approximate surface area is 203 Å². The van der Waals surface area contributed by atoms with Gasteiger partial charge in [-0.25, -0.2) is 13.4 Å². The number of amides is 2. The first-order chi connectivity index (χ1) is 16.2. The van der Waals surface area contributed by atoms with Crippen LogP contribution in [0.5, 0.6) is 5.75 Å². The lowest BCUT2D eigenvalue weighted by Crippen LogP contribution is -2.54. The summed E-state index contributed by atoms with van der Waals surface area (Å²) in [4.78, 5) is 27.1. The molecule has 180 valence electrons. The van der Waals surface area contributed by atoms with Crippen molar-refractivity contribution in [2.24, 2.45) is 0 Å². The molecule has 0 aliphatic carbocycles. The van der Waals surface area contributed by atoms with Crippen LogP contribution in [0.1, 0.15) is 12.0 Å². The van der Waals surface area contributed by atoms with Gasteiger partial charge in [0.25, 0.3) is 5.91 Å². The molecule has 0 saturated carbocycles. The third-order valence-electron chi connectivity index (χ3n) is 5.75. The summed E-state index contributed by atoms with van der Waals surface area (Å²) in [6.07, 6.45) is 1.65. The molecule has 0 atom stereocenters. The van der Waals surface area contributed by atoms with Crippen LogP contribution in [0.3, 0.4) is 0 Å². The van der Waals surface area contributed by atoms with Gasteiger partial charge in [0.15, 0.2) is 0 Å². The minimum Gasteiger partial charge on any atom is -0.495 e. The topological polar surface area (TPSA) is 99.3 Å². The van der Waals surface area contributed by atoms with E-state index in [-0.39, 0.29) is 65.8 Å². The number of benzene rings is 2. The van der Waals surface area contributed by atoms with Crippen molar-refractivity contribution in [1.29, 1.82) is 0 Å². The molecule has 1 saturated heterocycles. The summed E-state index contributed by atoms with van der Waals surface area (Å²) in [6, 6.07) is 11.8. The van der Waals surface area contributed by atoms with Crippen LogP contribution in [0.4, 0.5) is 5.69 Å². The molecule has 2 aliphatic rings. The number of carbonyl (C=O) groups excluding carboxylic acids is 2. The lowest BCUT2D eigenvalue weighted by Gasteiger charge is -2.36. The number of hydrogen-bond acceptors (Lipinski definition) is 6. The predicted octanol–water partition coefficient (Wildman–Crippen LogP) is 2.32. The number of anilines is 1. The van der Waals surface area contributed by atoms with Crippen LogP contribution in [0.25, 0.3) is 0 Å². The predicted molar refractivity (Wildman–Crippen MR) is 128 cm³/mol. The minimum atomic E-state index is -3.85. The zero-order chi connectivity index (χ0) is 24.5. The van der Waals surface area contributed by atoms with Gasteiger partial charge in [0, 0.05) is 37.6 Å². The van der Waals surface area contributed by atoms with E-state index >= 15 is 0 Å². The molecule has 2 aromatic carbocycles. The zero-order valence-corrected chi connectivity index (χ0v) is 20.4. The second-order valence-electron chi connectivity index (χ2n) is 7.99. The summed E-state index contributed by atoms with van der Waals surface area (Å²) >= 11 is 6.01. The van der Waals surface area contributed by atoms with Crippen molar-refractivity contribution in [2.45, 2.75) is 18.2 Å². The van der Waals surface area contributed by atoms with Crippen molar-refractivity contribution >= 4 is 39.1 Å². The smallest absolute Gasteiger partial charge is 0.271 e. The molecular weight excluding hydrogens is 480 g/mol. The van der Waals surface area contributed by atoms with E-state index in [1.807, 2.05) is 19.1 Å². The monoisotopic (exact) mass is 504 g/mol. The van der Waals surface area contributed by atoms with E-state index in [1.54, 1.807) is 29.2 Å². The molecular formula is C23H25ClN4O5S. The summed E-state index contributed by atoms with van der Waals surface area (Å²) in [7, 11) is -2.46. The molecule has 0 bridgehead atoms. The molecule has 2 amide bonds. The van der Waals surface area contributed by atoms with Gasteiger partial charge in [0.1, 0.15) is 16.3 Å². The van der Waals surface area contributed by atoms with Crippen LogP contribution in [-0.2, 0) is 19.6 Å². The first-order valence-corrected chi connectivity index (χ1v) is 12.5. The van der Waals surface area contributed by atoms with E-state index in [4.69, 9.17) is 16.3 Å². The number of nitrogens with zero attached hydrogens (tertiary/aromatic N) is 3. The standard InChI is InChI=1S/C23H25ClN4O5S/c1-16-3-6-18(7-4-16)28-22(29)10-8-19(25-28)23(30)26-11-13-27(14-12-26)34(31,32)21-15-17(24)5-9-20(21)33-2/h3-9,15,25H,10-14H2,1-2H3. The van der Waals surface area contributed by atoms with Gasteiger partial charge in [-0.2, -0.15) is 4.31 Å². The van der Waals surface area contributed by atoms with Crippen molar-refractivity contribution in [3.63, 3.8) is 0 Å². The average molecular weight is 505 g/mol. The fourth-order valence-electron chi connectivity index (χ4n) is 3.84. The summed E-state index contributed by atoms with van der Waals surface area (Å²) < 4.78 is 32.9. The zero-order valence-electron chi connectivity index (χ0n) is 18.8. The van der Waals surface area contributed by atoms with E-state index in [1.165, 1.54) is 28.6 Å². The van der Waals surface area contributed by atoms with Crippen LogP contribution in [0.15, 0.2) is 59.1 Å². The Balaban J connectivity index is 1.44. The van der Waals surface area contributed by atoms with Crippen molar-refractivity contribution < 1.29 is 22.7 Å². The number of nitrogens with one attached hydrogen (secondary N) is 1. The Hall–Kier alpha value is -3.08. The Morgan fingerprint density at radius 3 is 2.38 bits per heavy atom. The number of ether oxygens (including phenoxy) is 1. The van der Waals surface area contributed by atoms with Crippen molar-refractivity contribution in [3.8, 4) is 5.75 Å². The van der Waals surface area contributed by atoms with Gasteiger partial charge in [0.05, 0.1) is 12.8 Å². The van der Waals surface area contributed by atoms with E-state index in [9.17, 15) is 18.0 Å². The molecule has 1 fully saturated rings. The normalized spacial score (nSPS) is 17.3. The molecule has 34 heavy (non-hydrogen) atoms. The summed E-state index contributed by atoms with van der Waals surface area (Å²) in [5.41, 5.74) is 4.90. The Morgan fingerprint density at radius 2 is 1.74 bits per heavy atom. The van der Waals surface area contributed by atoms with Gasteiger partial charge < -0.3 is 9.64 Å². The first kappa shape index (κ1) is 24.1. The number of hydrogen-bond donors (Lipinski definition) is 1. The summed E-state index contributed by atoms with van der Waals surface area (Å²) in [6.45, 7) is 2.61. The molecule has 1 N–H and O–H groups in total. The Kier molecular flexibility index (Phi) is 6.83.